The van der Waals surface area contributed by atoms with Crippen molar-refractivity contribution in [1.82, 2.24) is 5.32 Å². The van der Waals surface area contributed by atoms with Gasteiger partial charge in [0.05, 0.1) is 25.4 Å². The van der Waals surface area contributed by atoms with Gasteiger partial charge in [-0.05, 0) is 12.8 Å². The molecule has 9 unspecified atom stereocenters. The number of hydrogen-bond acceptors (Lipinski definition) is 10. The van der Waals surface area contributed by atoms with Crippen LogP contribution in [0.2, 0.25) is 0 Å². The highest BCUT2D eigenvalue weighted by Crippen LogP contribution is 2.24. The molecule has 0 saturated carbocycles. The number of amides is 1. The number of unbranched alkanes of at least 4 members (excludes halogenated alkanes) is 46. The molecule has 1 saturated heterocycles. The summed E-state index contributed by atoms with van der Waals surface area (Å²) in [5.41, 5.74) is 0. The first-order valence-corrected chi connectivity index (χ1v) is 32.9. The van der Waals surface area contributed by atoms with E-state index >= 15 is 0 Å². The van der Waals surface area contributed by atoms with Gasteiger partial charge in [0, 0.05) is 0 Å². The van der Waals surface area contributed by atoms with E-state index in [1.165, 1.54) is 257 Å². The minimum Gasteiger partial charge on any atom is -0.394 e. The highest BCUT2D eigenvalue weighted by atomic mass is 16.7. The van der Waals surface area contributed by atoms with Crippen LogP contribution in [0, 0.1) is 0 Å². The maximum Gasteiger partial charge on any atom is 0.249 e. The molecule has 11 nitrogen and oxygen atoms in total. The molecule has 1 fully saturated rings. The number of aliphatic hydroxyl groups excluding tert-OH is 7. The summed E-state index contributed by atoms with van der Waals surface area (Å²) in [6.45, 7) is 3.52. The van der Waals surface area contributed by atoms with Crippen LogP contribution in [0.1, 0.15) is 335 Å². The number of rotatable bonds is 58. The summed E-state index contributed by atoms with van der Waals surface area (Å²) < 4.78 is 11.2. The van der Waals surface area contributed by atoms with Crippen LogP contribution >= 0.6 is 0 Å². The zero-order valence-electron chi connectivity index (χ0n) is 49.3. The van der Waals surface area contributed by atoms with Crippen molar-refractivity contribution in [2.24, 2.45) is 0 Å². The lowest BCUT2D eigenvalue weighted by atomic mass is 9.98. The van der Waals surface area contributed by atoms with E-state index in [-0.39, 0.29) is 6.42 Å². The fourth-order valence-corrected chi connectivity index (χ4v) is 11.1. The van der Waals surface area contributed by atoms with E-state index in [0.29, 0.717) is 19.3 Å². The zero-order chi connectivity index (χ0) is 54.7. The third-order valence-corrected chi connectivity index (χ3v) is 16.4. The molecule has 1 amide bonds. The SMILES string of the molecule is CCCCCCCCCCCCCCCCCCCCCCCCCCC(O)C(=O)NC(COC1OC(CO)C(O)C(O)C1O)C(O)C(O)CCCCCCCCCCCCCCCCCCCCCCCCCC. The van der Waals surface area contributed by atoms with Gasteiger partial charge in [-0.1, -0.05) is 322 Å². The monoisotopic (exact) mass is 1070 g/mol. The molecule has 0 radical (unpaired) electrons. The Bertz CT molecular complexity index is 1180. The Kier molecular flexibility index (Phi) is 51.7. The predicted molar refractivity (Wildman–Crippen MR) is 312 cm³/mol. The molecule has 1 rings (SSSR count). The molecular formula is C64H127NO10. The van der Waals surface area contributed by atoms with Crippen LogP contribution in [-0.2, 0) is 14.3 Å². The Morgan fingerprint density at radius 1 is 0.413 bits per heavy atom. The maximum absolute atomic E-state index is 13.2. The summed E-state index contributed by atoms with van der Waals surface area (Å²) in [6, 6.07) is -1.16. The molecule has 0 spiro atoms. The van der Waals surface area contributed by atoms with Crippen molar-refractivity contribution < 1.29 is 50.0 Å². The Balaban J connectivity index is 2.23. The summed E-state index contributed by atoms with van der Waals surface area (Å²) >= 11 is 0. The molecule has 0 aromatic rings. The van der Waals surface area contributed by atoms with Gasteiger partial charge >= 0.3 is 0 Å². The largest absolute Gasteiger partial charge is 0.394 e. The van der Waals surface area contributed by atoms with E-state index in [2.05, 4.69) is 19.2 Å². The van der Waals surface area contributed by atoms with Crippen LogP contribution in [0.15, 0.2) is 0 Å². The quantitative estimate of drug-likeness (QED) is 0.0272. The second-order valence-electron chi connectivity index (χ2n) is 23.6. The summed E-state index contributed by atoms with van der Waals surface area (Å²) in [5, 5.41) is 76.4. The first-order chi connectivity index (χ1) is 36.7. The van der Waals surface area contributed by atoms with Gasteiger partial charge in [0.1, 0.15) is 36.6 Å². The van der Waals surface area contributed by atoms with E-state index < -0.39 is 74.2 Å². The third-order valence-electron chi connectivity index (χ3n) is 16.4. The Morgan fingerprint density at radius 2 is 0.693 bits per heavy atom. The van der Waals surface area contributed by atoms with Gasteiger partial charge in [0.2, 0.25) is 5.91 Å². The standard InChI is InChI=1S/C64H127NO10/c1-3-5-7-9-11-13-15-17-19-21-23-25-27-29-31-33-35-37-39-41-43-45-47-49-51-56(67)59(69)55(54-74-64-62(72)61(71)60(70)58(53-66)75-64)65-63(73)57(68)52-50-48-46-44-42-40-38-36-34-32-30-28-26-24-22-20-18-16-14-12-10-8-6-4-2/h55-62,64,66-72H,3-54H2,1-2H3,(H,65,73). The lowest BCUT2D eigenvalue weighted by Crippen LogP contribution is -2.60. The highest BCUT2D eigenvalue weighted by molar-refractivity contribution is 5.80. The van der Waals surface area contributed by atoms with Gasteiger partial charge in [-0.25, -0.2) is 0 Å². The van der Waals surface area contributed by atoms with E-state index in [0.717, 1.165) is 38.5 Å². The molecule has 0 aliphatic carbocycles. The second-order valence-corrected chi connectivity index (χ2v) is 23.6. The molecule has 75 heavy (non-hydrogen) atoms. The van der Waals surface area contributed by atoms with Gasteiger partial charge in [-0.3, -0.25) is 4.79 Å². The Morgan fingerprint density at radius 3 is 0.987 bits per heavy atom. The molecule has 1 aliphatic heterocycles. The maximum atomic E-state index is 13.2. The van der Waals surface area contributed by atoms with Crippen LogP contribution in [0.25, 0.3) is 0 Å². The van der Waals surface area contributed by atoms with Gasteiger partial charge in [0.25, 0.3) is 0 Å². The van der Waals surface area contributed by atoms with Crippen LogP contribution in [0.4, 0.5) is 0 Å². The van der Waals surface area contributed by atoms with Crippen molar-refractivity contribution in [2.45, 2.75) is 390 Å². The highest BCUT2D eigenvalue weighted by Gasteiger charge is 2.44. The summed E-state index contributed by atoms with van der Waals surface area (Å²) in [4.78, 5) is 13.2. The number of hydrogen-bond donors (Lipinski definition) is 8. The molecule has 11 heteroatoms. The summed E-state index contributed by atoms with van der Waals surface area (Å²) in [7, 11) is 0. The molecular weight excluding hydrogens is 943 g/mol. The predicted octanol–water partition coefficient (Wildman–Crippen LogP) is 14.9. The van der Waals surface area contributed by atoms with E-state index in [9.17, 15) is 40.5 Å². The van der Waals surface area contributed by atoms with Crippen molar-refractivity contribution in [2.75, 3.05) is 13.2 Å². The van der Waals surface area contributed by atoms with Gasteiger partial charge in [-0.15, -0.1) is 0 Å². The van der Waals surface area contributed by atoms with Crippen molar-refractivity contribution in [3.63, 3.8) is 0 Å². The second kappa shape index (κ2) is 53.7. The number of aliphatic hydroxyl groups is 7. The summed E-state index contributed by atoms with van der Waals surface area (Å²) in [6.07, 6.45) is 51.7. The first kappa shape index (κ1) is 72.1. The minimum atomic E-state index is -1.66. The topological polar surface area (TPSA) is 189 Å². The number of carbonyl (C=O) groups excluding carboxylic acids is 1. The lowest BCUT2D eigenvalue weighted by Gasteiger charge is -2.40. The van der Waals surface area contributed by atoms with Crippen molar-refractivity contribution in [1.29, 1.82) is 0 Å². The number of ether oxygens (including phenoxy) is 2. The van der Waals surface area contributed by atoms with Crippen LogP contribution < -0.4 is 5.32 Å². The van der Waals surface area contributed by atoms with Crippen LogP contribution in [0.3, 0.4) is 0 Å². The van der Waals surface area contributed by atoms with Crippen molar-refractivity contribution in [3.05, 3.63) is 0 Å². The lowest BCUT2D eigenvalue weighted by molar-refractivity contribution is -0.303. The van der Waals surface area contributed by atoms with Crippen molar-refractivity contribution in [3.8, 4) is 0 Å². The van der Waals surface area contributed by atoms with Crippen LogP contribution in [0.5, 0.6) is 0 Å². The van der Waals surface area contributed by atoms with E-state index in [4.69, 9.17) is 9.47 Å². The normalized spacial score (nSPS) is 19.6. The molecule has 1 aliphatic rings. The smallest absolute Gasteiger partial charge is 0.249 e. The fourth-order valence-electron chi connectivity index (χ4n) is 11.1. The molecule has 9 atom stereocenters. The Labute approximate surface area is 462 Å². The van der Waals surface area contributed by atoms with Crippen LogP contribution in [-0.4, -0.2) is 110 Å². The average Bonchev–Trinajstić information content (AvgIpc) is 3.41. The fraction of sp³-hybridized carbons (Fsp3) is 0.984. The van der Waals surface area contributed by atoms with Gasteiger partial charge in [-0.2, -0.15) is 0 Å². The zero-order valence-corrected chi connectivity index (χ0v) is 49.3. The van der Waals surface area contributed by atoms with Crippen molar-refractivity contribution >= 4 is 5.91 Å². The molecule has 1 heterocycles. The molecule has 0 aromatic carbocycles. The minimum absolute atomic E-state index is 0.267. The number of nitrogens with one attached hydrogen (secondary N) is 1. The summed E-state index contributed by atoms with van der Waals surface area (Å²) in [5.74, 6) is -0.687. The molecule has 448 valence electrons. The Hall–Kier alpha value is -0.890. The third kappa shape index (κ3) is 41.7. The number of carbonyl (C=O) groups is 1. The van der Waals surface area contributed by atoms with E-state index in [1.54, 1.807) is 0 Å². The molecule has 8 N–H and O–H groups in total. The average molecular weight is 1070 g/mol. The van der Waals surface area contributed by atoms with Gasteiger partial charge in [0.15, 0.2) is 6.29 Å². The first-order valence-electron chi connectivity index (χ1n) is 32.9. The van der Waals surface area contributed by atoms with E-state index in [1.807, 2.05) is 0 Å². The molecule has 0 aromatic heterocycles. The molecule has 0 bridgehead atoms. The van der Waals surface area contributed by atoms with Gasteiger partial charge < -0.3 is 50.5 Å².